The average Bonchev–Trinajstić information content (AvgIpc) is 2.56. The lowest BCUT2D eigenvalue weighted by Gasteiger charge is -2.30. The molecule has 3 nitrogen and oxygen atoms in total. The molecule has 1 heterocycles. The van der Waals surface area contributed by atoms with Crippen molar-refractivity contribution in [2.45, 2.75) is 25.7 Å². The van der Waals surface area contributed by atoms with E-state index in [0.717, 1.165) is 30.0 Å². The van der Waals surface area contributed by atoms with Crippen LogP contribution >= 0.6 is 11.6 Å². The SMILES string of the molecule is O=C(Cc1ccccc1)Nc1cc(Cl)ccc1N1CCCCC1. The van der Waals surface area contributed by atoms with Crippen molar-refractivity contribution in [2.24, 2.45) is 0 Å². The van der Waals surface area contributed by atoms with Gasteiger partial charge in [0.2, 0.25) is 5.91 Å². The van der Waals surface area contributed by atoms with Crippen molar-refractivity contribution in [3.63, 3.8) is 0 Å². The molecule has 0 aliphatic carbocycles. The van der Waals surface area contributed by atoms with Crippen LogP contribution in [0.25, 0.3) is 0 Å². The Morgan fingerprint density at radius 3 is 2.52 bits per heavy atom. The summed E-state index contributed by atoms with van der Waals surface area (Å²) in [5.41, 5.74) is 2.88. The third-order valence-electron chi connectivity index (χ3n) is 4.14. The molecular weight excluding hydrogens is 308 g/mol. The van der Waals surface area contributed by atoms with Crippen molar-refractivity contribution in [3.05, 3.63) is 59.1 Å². The van der Waals surface area contributed by atoms with Gasteiger partial charge in [-0.25, -0.2) is 0 Å². The number of nitrogens with one attached hydrogen (secondary N) is 1. The van der Waals surface area contributed by atoms with Gasteiger partial charge in [0.15, 0.2) is 0 Å². The second-order valence-electron chi connectivity index (χ2n) is 5.92. The van der Waals surface area contributed by atoms with Crippen LogP contribution in [0.3, 0.4) is 0 Å². The number of amides is 1. The zero-order valence-corrected chi connectivity index (χ0v) is 13.9. The molecule has 1 N–H and O–H groups in total. The van der Waals surface area contributed by atoms with Crippen LogP contribution in [0.5, 0.6) is 0 Å². The molecule has 1 fully saturated rings. The third-order valence-corrected chi connectivity index (χ3v) is 4.37. The van der Waals surface area contributed by atoms with Gasteiger partial charge in [-0.1, -0.05) is 41.9 Å². The zero-order chi connectivity index (χ0) is 16.1. The predicted molar refractivity (Wildman–Crippen MR) is 96.3 cm³/mol. The van der Waals surface area contributed by atoms with Crippen LogP contribution < -0.4 is 10.2 Å². The molecule has 1 aliphatic heterocycles. The average molecular weight is 329 g/mol. The number of anilines is 2. The Kier molecular flexibility index (Phi) is 5.19. The first-order valence-electron chi connectivity index (χ1n) is 8.10. The van der Waals surface area contributed by atoms with E-state index in [0.29, 0.717) is 11.4 Å². The predicted octanol–water partition coefficient (Wildman–Crippen LogP) is 4.51. The van der Waals surface area contributed by atoms with Crippen LogP contribution in [0.2, 0.25) is 5.02 Å². The number of carbonyl (C=O) groups is 1. The molecule has 0 unspecified atom stereocenters. The van der Waals surface area contributed by atoms with Crippen molar-refractivity contribution in [2.75, 3.05) is 23.3 Å². The molecule has 1 amide bonds. The van der Waals surface area contributed by atoms with Gasteiger partial charge in [-0.05, 0) is 43.0 Å². The molecule has 0 aromatic heterocycles. The van der Waals surface area contributed by atoms with E-state index < -0.39 is 0 Å². The summed E-state index contributed by atoms with van der Waals surface area (Å²) >= 11 is 6.13. The van der Waals surface area contributed by atoms with E-state index in [-0.39, 0.29) is 5.91 Å². The second-order valence-corrected chi connectivity index (χ2v) is 6.36. The quantitative estimate of drug-likeness (QED) is 0.895. The molecule has 0 radical (unpaired) electrons. The van der Waals surface area contributed by atoms with Crippen molar-refractivity contribution < 1.29 is 4.79 Å². The van der Waals surface area contributed by atoms with Crippen LogP contribution in [0.1, 0.15) is 24.8 Å². The Hall–Kier alpha value is -2.00. The van der Waals surface area contributed by atoms with Crippen molar-refractivity contribution in [3.8, 4) is 0 Å². The molecule has 4 heteroatoms. The lowest BCUT2D eigenvalue weighted by Crippen LogP contribution is -2.30. The van der Waals surface area contributed by atoms with Crippen LogP contribution in [0.15, 0.2) is 48.5 Å². The van der Waals surface area contributed by atoms with Gasteiger partial charge in [0.25, 0.3) is 0 Å². The summed E-state index contributed by atoms with van der Waals surface area (Å²) in [6.45, 7) is 2.06. The minimum Gasteiger partial charge on any atom is -0.370 e. The molecule has 3 rings (SSSR count). The Balaban J connectivity index is 1.75. The zero-order valence-electron chi connectivity index (χ0n) is 13.1. The first kappa shape index (κ1) is 15.9. The largest absolute Gasteiger partial charge is 0.370 e. The smallest absolute Gasteiger partial charge is 0.228 e. The first-order chi connectivity index (χ1) is 11.2. The van der Waals surface area contributed by atoms with Crippen molar-refractivity contribution in [1.82, 2.24) is 0 Å². The molecule has 1 saturated heterocycles. The number of benzene rings is 2. The van der Waals surface area contributed by atoms with Gasteiger partial charge in [-0.2, -0.15) is 0 Å². The van der Waals surface area contributed by atoms with Gasteiger partial charge in [-0.3, -0.25) is 4.79 Å². The molecule has 2 aromatic rings. The number of hydrogen-bond acceptors (Lipinski definition) is 2. The highest BCUT2D eigenvalue weighted by Gasteiger charge is 2.16. The summed E-state index contributed by atoms with van der Waals surface area (Å²) in [4.78, 5) is 14.7. The minimum absolute atomic E-state index is 0.0169. The molecule has 23 heavy (non-hydrogen) atoms. The highest BCUT2D eigenvalue weighted by molar-refractivity contribution is 6.31. The second kappa shape index (κ2) is 7.51. The molecule has 0 saturated carbocycles. The summed E-state index contributed by atoms with van der Waals surface area (Å²) in [5.74, 6) is -0.0169. The lowest BCUT2D eigenvalue weighted by molar-refractivity contribution is -0.115. The number of rotatable bonds is 4. The summed E-state index contributed by atoms with van der Waals surface area (Å²) < 4.78 is 0. The van der Waals surface area contributed by atoms with Gasteiger partial charge in [0, 0.05) is 18.1 Å². The maximum Gasteiger partial charge on any atom is 0.228 e. The summed E-state index contributed by atoms with van der Waals surface area (Å²) in [5, 5.41) is 3.67. The number of halogens is 1. The van der Waals surface area contributed by atoms with Crippen molar-refractivity contribution >= 4 is 28.9 Å². The number of piperidine rings is 1. The summed E-state index contributed by atoms with van der Waals surface area (Å²) in [7, 11) is 0. The fourth-order valence-corrected chi connectivity index (χ4v) is 3.17. The Morgan fingerprint density at radius 2 is 1.78 bits per heavy atom. The van der Waals surface area contributed by atoms with E-state index in [9.17, 15) is 4.79 Å². The highest BCUT2D eigenvalue weighted by atomic mass is 35.5. The third kappa shape index (κ3) is 4.26. The van der Waals surface area contributed by atoms with E-state index in [4.69, 9.17) is 11.6 Å². The number of carbonyl (C=O) groups excluding carboxylic acids is 1. The molecule has 0 spiro atoms. The van der Waals surface area contributed by atoms with Gasteiger partial charge in [-0.15, -0.1) is 0 Å². The van der Waals surface area contributed by atoms with E-state index in [1.165, 1.54) is 19.3 Å². The van der Waals surface area contributed by atoms with Crippen LogP contribution in [0, 0.1) is 0 Å². The summed E-state index contributed by atoms with van der Waals surface area (Å²) in [6.07, 6.45) is 4.03. The maximum atomic E-state index is 12.4. The minimum atomic E-state index is -0.0169. The molecule has 0 atom stereocenters. The van der Waals surface area contributed by atoms with Crippen LogP contribution in [0.4, 0.5) is 11.4 Å². The Bertz CT molecular complexity index is 666. The Morgan fingerprint density at radius 1 is 1.04 bits per heavy atom. The van der Waals surface area contributed by atoms with Gasteiger partial charge in [0.1, 0.15) is 0 Å². The van der Waals surface area contributed by atoms with Crippen LogP contribution in [-0.2, 0) is 11.2 Å². The number of hydrogen-bond donors (Lipinski definition) is 1. The van der Waals surface area contributed by atoms with Gasteiger partial charge < -0.3 is 10.2 Å². The monoisotopic (exact) mass is 328 g/mol. The van der Waals surface area contributed by atoms with E-state index in [1.54, 1.807) is 0 Å². The molecule has 1 aliphatic rings. The highest BCUT2D eigenvalue weighted by Crippen LogP contribution is 2.31. The van der Waals surface area contributed by atoms with E-state index in [1.807, 2.05) is 48.5 Å². The summed E-state index contributed by atoms with van der Waals surface area (Å²) in [6, 6.07) is 15.5. The Labute approximate surface area is 142 Å². The fraction of sp³-hybridized carbons (Fsp3) is 0.316. The van der Waals surface area contributed by atoms with E-state index >= 15 is 0 Å². The molecular formula is C19H21ClN2O. The molecule has 2 aromatic carbocycles. The first-order valence-corrected chi connectivity index (χ1v) is 8.48. The molecule has 120 valence electrons. The van der Waals surface area contributed by atoms with E-state index in [2.05, 4.69) is 10.2 Å². The number of nitrogens with zero attached hydrogens (tertiary/aromatic N) is 1. The van der Waals surface area contributed by atoms with Gasteiger partial charge in [0.05, 0.1) is 17.8 Å². The lowest BCUT2D eigenvalue weighted by atomic mass is 10.1. The van der Waals surface area contributed by atoms with Gasteiger partial charge >= 0.3 is 0 Å². The normalized spacial score (nSPS) is 14.6. The standard InChI is InChI=1S/C19H21ClN2O/c20-16-9-10-18(22-11-5-2-6-12-22)17(14-16)21-19(23)13-15-7-3-1-4-8-15/h1,3-4,7-10,14H,2,5-6,11-13H2,(H,21,23). The fourth-order valence-electron chi connectivity index (χ4n) is 2.99. The maximum absolute atomic E-state index is 12.4. The van der Waals surface area contributed by atoms with Crippen molar-refractivity contribution in [1.29, 1.82) is 0 Å². The topological polar surface area (TPSA) is 32.3 Å². The molecule has 0 bridgehead atoms. The van der Waals surface area contributed by atoms with Crippen LogP contribution in [-0.4, -0.2) is 19.0 Å².